The van der Waals surface area contributed by atoms with Gasteiger partial charge in [0.2, 0.25) is 5.76 Å². The number of furan rings is 1. The van der Waals surface area contributed by atoms with Gasteiger partial charge in [-0.25, -0.2) is 9.78 Å². The molecule has 0 spiro atoms. The maximum absolute atomic E-state index is 10.5. The highest BCUT2D eigenvalue weighted by Crippen LogP contribution is 2.24. The molecule has 1 N–H and O–H groups in total. The molecule has 0 bridgehead atoms. The highest BCUT2D eigenvalue weighted by Gasteiger charge is 2.12. The van der Waals surface area contributed by atoms with E-state index < -0.39 is 5.97 Å². The molecule has 0 fully saturated rings. The van der Waals surface area contributed by atoms with Crippen molar-refractivity contribution in [3.05, 3.63) is 29.2 Å². The van der Waals surface area contributed by atoms with Gasteiger partial charge in [0.05, 0.1) is 5.39 Å². The fourth-order valence-corrected chi connectivity index (χ4v) is 1.24. The molecule has 0 aromatic carbocycles. The third-order valence-electron chi connectivity index (χ3n) is 1.61. The van der Waals surface area contributed by atoms with E-state index in [0.29, 0.717) is 11.0 Å². The Hall–Kier alpha value is -1.55. The third kappa shape index (κ3) is 1.25. The molecule has 2 rings (SSSR count). The number of nitrogens with zero attached hydrogens (tertiary/aromatic N) is 1. The van der Waals surface area contributed by atoms with Gasteiger partial charge in [0.25, 0.3) is 0 Å². The lowest BCUT2D eigenvalue weighted by Gasteiger charge is -1.87. The number of fused-ring (bicyclic) bond motifs is 1. The van der Waals surface area contributed by atoms with E-state index in [9.17, 15) is 4.79 Å². The molecule has 0 aliphatic rings. The predicted molar refractivity (Wildman–Crippen MR) is 46.0 cm³/mol. The summed E-state index contributed by atoms with van der Waals surface area (Å²) in [5.74, 6) is -1.25. The molecule has 0 radical (unpaired) electrons. The lowest BCUT2D eigenvalue weighted by Crippen LogP contribution is -1.91. The van der Waals surface area contributed by atoms with Gasteiger partial charge in [-0.2, -0.15) is 0 Å². The Labute approximate surface area is 77.8 Å². The number of hydrogen-bond acceptors (Lipinski definition) is 3. The first-order valence-corrected chi connectivity index (χ1v) is 3.83. The summed E-state index contributed by atoms with van der Waals surface area (Å²) in [6.45, 7) is 0. The van der Waals surface area contributed by atoms with Crippen molar-refractivity contribution < 1.29 is 14.3 Å². The number of pyridine rings is 1. The minimum absolute atomic E-state index is 0.134. The van der Waals surface area contributed by atoms with Gasteiger partial charge in [0.15, 0.2) is 0 Å². The molecule has 2 aromatic heterocycles. The fourth-order valence-electron chi connectivity index (χ4n) is 1.04. The highest BCUT2D eigenvalue weighted by molar-refractivity contribution is 6.34. The number of carboxylic acids is 1. The fraction of sp³-hybridized carbons (Fsp3) is 0. The first-order valence-electron chi connectivity index (χ1n) is 3.46. The molecular weight excluding hydrogens is 194 g/mol. The average molecular weight is 198 g/mol. The van der Waals surface area contributed by atoms with Gasteiger partial charge in [0, 0.05) is 12.3 Å². The summed E-state index contributed by atoms with van der Waals surface area (Å²) in [6.07, 6.45) is 1.46. The Kier molecular flexibility index (Phi) is 1.70. The summed E-state index contributed by atoms with van der Waals surface area (Å²) in [6, 6.07) is 2.92. The molecule has 4 nitrogen and oxygen atoms in total. The largest absolute Gasteiger partial charge is 0.475 e. The molecule has 2 aromatic rings. The second-order valence-electron chi connectivity index (χ2n) is 2.43. The average Bonchev–Trinajstić information content (AvgIpc) is 2.49. The molecular formula is C8H4ClNO3. The summed E-state index contributed by atoms with van der Waals surface area (Å²) in [4.78, 5) is 14.3. The van der Waals surface area contributed by atoms with E-state index in [1.54, 1.807) is 6.07 Å². The lowest BCUT2D eigenvalue weighted by atomic mass is 10.3. The number of halogens is 1. The summed E-state index contributed by atoms with van der Waals surface area (Å²) in [5, 5.41) is 9.38. The van der Waals surface area contributed by atoms with E-state index in [4.69, 9.17) is 21.1 Å². The number of carbonyl (C=O) groups is 1. The zero-order chi connectivity index (χ0) is 9.42. The Morgan fingerprint density at radius 3 is 3.00 bits per heavy atom. The molecule has 0 aliphatic heterocycles. The Bertz CT molecular complexity index is 477. The topological polar surface area (TPSA) is 63.3 Å². The van der Waals surface area contributed by atoms with Gasteiger partial charge in [0.1, 0.15) is 10.7 Å². The van der Waals surface area contributed by atoms with Crippen molar-refractivity contribution >= 4 is 28.5 Å². The molecule has 0 amide bonds. The zero-order valence-electron chi connectivity index (χ0n) is 6.32. The van der Waals surface area contributed by atoms with Crippen LogP contribution < -0.4 is 0 Å². The van der Waals surface area contributed by atoms with Crippen LogP contribution in [-0.2, 0) is 0 Å². The highest BCUT2D eigenvalue weighted by atomic mass is 35.5. The smallest absolute Gasteiger partial charge is 0.371 e. The third-order valence-corrected chi connectivity index (χ3v) is 1.91. The number of carboxylic acid groups (broad SMARTS) is 1. The molecule has 66 valence electrons. The van der Waals surface area contributed by atoms with Crippen molar-refractivity contribution in [1.29, 1.82) is 0 Å². The Morgan fingerprint density at radius 2 is 2.38 bits per heavy atom. The van der Waals surface area contributed by atoms with Crippen LogP contribution in [-0.4, -0.2) is 16.1 Å². The molecule has 13 heavy (non-hydrogen) atoms. The van der Waals surface area contributed by atoms with Crippen molar-refractivity contribution in [2.24, 2.45) is 0 Å². The molecule has 0 saturated heterocycles. The van der Waals surface area contributed by atoms with Gasteiger partial charge < -0.3 is 9.52 Å². The van der Waals surface area contributed by atoms with E-state index >= 15 is 0 Å². The SMILES string of the molecule is O=C(O)c1cc2c(Cl)nccc2o1. The lowest BCUT2D eigenvalue weighted by molar-refractivity contribution is 0.0665. The van der Waals surface area contributed by atoms with Crippen LogP contribution in [0.2, 0.25) is 5.15 Å². The second-order valence-corrected chi connectivity index (χ2v) is 2.79. The van der Waals surface area contributed by atoms with Crippen LogP contribution in [0.1, 0.15) is 10.6 Å². The molecule has 2 heterocycles. The summed E-state index contributed by atoms with van der Waals surface area (Å²) >= 11 is 5.71. The Morgan fingerprint density at radius 1 is 1.62 bits per heavy atom. The van der Waals surface area contributed by atoms with Crippen LogP contribution in [0, 0.1) is 0 Å². The van der Waals surface area contributed by atoms with Crippen LogP contribution >= 0.6 is 11.6 Å². The van der Waals surface area contributed by atoms with Crippen molar-refractivity contribution in [3.8, 4) is 0 Å². The number of hydrogen-bond donors (Lipinski definition) is 1. The molecule has 0 unspecified atom stereocenters. The quantitative estimate of drug-likeness (QED) is 0.712. The van der Waals surface area contributed by atoms with Gasteiger partial charge in [-0.05, 0) is 6.07 Å². The van der Waals surface area contributed by atoms with Crippen LogP contribution in [0.15, 0.2) is 22.7 Å². The van der Waals surface area contributed by atoms with Gasteiger partial charge in [-0.15, -0.1) is 0 Å². The minimum atomic E-state index is -1.12. The Balaban J connectivity index is 2.75. The van der Waals surface area contributed by atoms with Gasteiger partial charge in [-0.1, -0.05) is 11.6 Å². The number of rotatable bonds is 1. The van der Waals surface area contributed by atoms with Gasteiger partial charge in [-0.3, -0.25) is 0 Å². The van der Waals surface area contributed by atoms with Crippen LogP contribution in [0.3, 0.4) is 0 Å². The summed E-state index contributed by atoms with van der Waals surface area (Å²) in [7, 11) is 0. The molecule has 0 saturated carbocycles. The van der Waals surface area contributed by atoms with Crippen LogP contribution in [0.4, 0.5) is 0 Å². The standard InChI is InChI=1S/C8H4ClNO3/c9-7-4-3-6(8(11)12)13-5(4)1-2-10-7/h1-3H,(H,11,12). The second kappa shape index (κ2) is 2.74. The molecule has 0 atom stereocenters. The predicted octanol–water partition coefficient (Wildman–Crippen LogP) is 2.18. The zero-order valence-corrected chi connectivity index (χ0v) is 7.08. The number of aromatic nitrogens is 1. The first kappa shape index (κ1) is 8.07. The van der Waals surface area contributed by atoms with E-state index in [0.717, 1.165) is 0 Å². The number of aromatic carboxylic acids is 1. The van der Waals surface area contributed by atoms with Crippen LogP contribution in [0.5, 0.6) is 0 Å². The van der Waals surface area contributed by atoms with Crippen molar-refractivity contribution in [2.75, 3.05) is 0 Å². The van der Waals surface area contributed by atoms with Crippen molar-refractivity contribution in [2.45, 2.75) is 0 Å². The van der Waals surface area contributed by atoms with Crippen molar-refractivity contribution in [3.63, 3.8) is 0 Å². The van der Waals surface area contributed by atoms with Gasteiger partial charge >= 0.3 is 5.97 Å². The maximum atomic E-state index is 10.5. The van der Waals surface area contributed by atoms with E-state index in [1.165, 1.54) is 12.3 Å². The van der Waals surface area contributed by atoms with Crippen molar-refractivity contribution in [1.82, 2.24) is 4.98 Å². The minimum Gasteiger partial charge on any atom is -0.475 e. The first-order chi connectivity index (χ1) is 6.18. The summed E-state index contributed by atoms with van der Waals surface area (Å²) in [5.41, 5.74) is 0.428. The van der Waals surface area contributed by atoms with E-state index in [2.05, 4.69) is 4.98 Å². The summed E-state index contributed by atoms with van der Waals surface area (Å²) < 4.78 is 4.99. The van der Waals surface area contributed by atoms with Crippen LogP contribution in [0.25, 0.3) is 11.0 Å². The maximum Gasteiger partial charge on any atom is 0.371 e. The van der Waals surface area contributed by atoms with E-state index in [1.807, 2.05) is 0 Å². The van der Waals surface area contributed by atoms with E-state index in [-0.39, 0.29) is 10.9 Å². The molecule has 0 aliphatic carbocycles. The monoisotopic (exact) mass is 197 g/mol. The normalized spacial score (nSPS) is 10.5. The molecule has 5 heteroatoms.